The minimum atomic E-state index is -1.18. The Balaban J connectivity index is 3.04. The Labute approximate surface area is 86.5 Å². The number of rotatable bonds is 4. The Morgan fingerprint density at radius 2 is 2.00 bits per heavy atom. The molecule has 0 aliphatic heterocycles. The maximum atomic E-state index is 13.3. The zero-order valence-electron chi connectivity index (χ0n) is 8.24. The molecule has 0 fully saturated rings. The molecule has 1 N–H and O–H groups in total. The van der Waals surface area contributed by atoms with E-state index in [0.29, 0.717) is 0 Å². The number of ketones is 1. The molecule has 1 rings (SSSR count). The van der Waals surface area contributed by atoms with Gasteiger partial charge in [0.15, 0.2) is 0 Å². The van der Waals surface area contributed by atoms with Crippen molar-refractivity contribution < 1.29 is 19.1 Å². The molecular weight excluding hydrogens is 199 g/mol. The molecule has 15 heavy (non-hydrogen) atoms. The summed E-state index contributed by atoms with van der Waals surface area (Å²) in [5, 5.41) is 8.88. The molecule has 1 atom stereocenters. The van der Waals surface area contributed by atoms with Crippen LogP contribution in [0.2, 0.25) is 0 Å². The molecule has 0 aromatic heterocycles. The van der Waals surface area contributed by atoms with Gasteiger partial charge in [0, 0.05) is 12.0 Å². The number of benzene rings is 1. The molecule has 1 unspecified atom stereocenters. The average molecular weight is 210 g/mol. The predicted octanol–water partition coefficient (Wildman–Crippen LogP) is 1.97. The van der Waals surface area contributed by atoms with Crippen LogP contribution in [0.4, 0.5) is 4.39 Å². The van der Waals surface area contributed by atoms with E-state index < -0.39 is 17.7 Å². The average Bonchev–Trinajstić information content (AvgIpc) is 2.15. The number of hydrogen-bond donors (Lipinski definition) is 1. The van der Waals surface area contributed by atoms with Gasteiger partial charge in [-0.25, -0.2) is 4.39 Å². The van der Waals surface area contributed by atoms with Crippen molar-refractivity contribution in [3.8, 4) is 0 Å². The smallest absolute Gasteiger partial charge is 0.311 e. The normalized spacial score (nSPS) is 12.1. The van der Waals surface area contributed by atoms with Crippen LogP contribution in [0.5, 0.6) is 0 Å². The highest BCUT2D eigenvalue weighted by Crippen LogP contribution is 2.22. The lowest BCUT2D eigenvalue weighted by Gasteiger charge is -2.11. The van der Waals surface area contributed by atoms with Crippen molar-refractivity contribution in [2.75, 3.05) is 0 Å². The van der Waals surface area contributed by atoms with Crippen LogP contribution in [0.25, 0.3) is 0 Å². The van der Waals surface area contributed by atoms with E-state index in [2.05, 4.69) is 0 Å². The summed E-state index contributed by atoms with van der Waals surface area (Å²) in [5.74, 6) is -3.14. The molecule has 1 aromatic rings. The third kappa shape index (κ3) is 2.87. The van der Waals surface area contributed by atoms with Crippen molar-refractivity contribution in [3.05, 3.63) is 35.6 Å². The molecular formula is C11H11FO3. The molecule has 1 aromatic carbocycles. The molecule has 0 radical (unpaired) electrons. The minimum Gasteiger partial charge on any atom is -0.481 e. The molecule has 4 heteroatoms. The molecule has 0 amide bonds. The van der Waals surface area contributed by atoms with E-state index >= 15 is 0 Å². The van der Waals surface area contributed by atoms with Crippen LogP contribution in [-0.2, 0) is 9.59 Å². The first-order valence-corrected chi connectivity index (χ1v) is 4.49. The summed E-state index contributed by atoms with van der Waals surface area (Å²) in [6, 6.07) is 5.60. The first kappa shape index (κ1) is 11.4. The molecule has 80 valence electrons. The van der Waals surface area contributed by atoms with E-state index in [1.807, 2.05) is 0 Å². The van der Waals surface area contributed by atoms with Crippen LogP contribution >= 0.6 is 0 Å². The van der Waals surface area contributed by atoms with Crippen LogP contribution in [0, 0.1) is 5.82 Å². The van der Waals surface area contributed by atoms with Crippen molar-refractivity contribution in [2.24, 2.45) is 0 Å². The number of halogens is 1. The third-order valence-corrected chi connectivity index (χ3v) is 2.07. The van der Waals surface area contributed by atoms with E-state index in [1.165, 1.54) is 25.1 Å². The molecule has 3 nitrogen and oxygen atoms in total. The van der Waals surface area contributed by atoms with E-state index in [0.717, 1.165) is 0 Å². The van der Waals surface area contributed by atoms with Crippen LogP contribution in [0.15, 0.2) is 24.3 Å². The Hall–Kier alpha value is -1.71. The molecule has 0 aliphatic carbocycles. The fourth-order valence-electron chi connectivity index (χ4n) is 1.38. The van der Waals surface area contributed by atoms with Crippen molar-refractivity contribution in [1.82, 2.24) is 0 Å². The van der Waals surface area contributed by atoms with Gasteiger partial charge in [-0.2, -0.15) is 0 Å². The van der Waals surface area contributed by atoms with Gasteiger partial charge in [0.25, 0.3) is 0 Å². The molecule has 0 heterocycles. The number of carbonyl (C=O) groups is 2. The second-order valence-electron chi connectivity index (χ2n) is 3.32. The van der Waals surface area contributed by atoms with Gasteiger partial charge in [-0.3, -0.25) is 9.59 Å². The number of carbonyl (C=O) groups excluding carboxylic acids is 1. The number of hydrogen-bond acceptors (Lipinski definition) is 2. The van der Waals surface area contributed by atoms with Gasteiger partial charge >= 0.3 is 5.97 Å². The monoisotopic (exact) mass is 210 g/mol. The number of aliphatic carboxylic acids is 1. The molecule has 0 saturated heterocycles. The van der Waals surface area contributed by atoms with E-state index in [4.69, 9.17) is 5.11 Å². The fraction of sp³-hybridized carbons (Fsp3) is 0.273. The van der Waals surface area contributed by atoms with E-state index in [9.17, 15) is 14.0 Å². The standard InChI is InChI=1S/C11H11FO3/c1-7(13)6-9(11(14)15)8-4-2-3-5-10(8)12/h2-5,9H,6H2,1H3,(H,14,15). The Bertz CT molecular complexity index is 387. The summed E-state index contributed by atoms with van der Waals surface area (Å²) < 4.78 is 13.3. The highest BCUT2D eigenvalue weighted by Gasteiger charge is 2.24. The SMILES string of the molecule is CC(=O)CC(C(=O)O)c1ccccc1F. The molecule has 0 aliphatic rings. The third-order valence-electron chi connectivity index (χ3n) is 2.07. The largest absolute Gasteiger partial charge is 0.481 e. The van der Waals surface area contributed by atoms with Gasteiger partial charge in [-0.15, -0.1) is 0 Å². The molecule has 0 spiro atoms. The van der Waals surface area contributed by atoms with Gasteiger partial charge < -0.3 is 5.11 Å². The number of carboxylic acid groups (broad SMARTS) is 1. The Morgan fingerprint density at radius 3 is 2.47 bits per heavy atom. The zero-order chi connectivity index (χ0) is 11.4. The fourth-order valence-corrected chi connectivity index (χ4v) is 1.38. The Morgan fingerprint density at radius 1 is 1.40 bits per heavy atom. The van der Waals surface area contributed by atoms with Crippen LogP contribution < -0.4 is 0 Å². The number of carboxylic acids is 1. The lowest BCUT2D eigenvalue weighted by atomic mass is 9.94. The number of Topliss-reactive ketones (excluding diaryl/α,β-unsaturated/α-hetero) is 1. The summed E-state index contributed by atoms with van der Waals surface area (Å²) in [4.78, 5) is 21.7. The van der Waals surface area contributed by atoms with Crippen molar-refractivity contribution in [3.63, 3.8) is 0 Å². The topological polar surface area (TPSA) is 54.4 Å². The highest BCUT2D eigenvalue weighted by atomic mass is 19.1. The minimum absolute atomic E-state index is 0.0557. The van der Waals surface area contributed by atoms with Crippen molar-refractivity contribution >= 4 is 11.8 Å². The van der Waals surface area contributed by atoms with E-state index in [-0.39, 0.29) is 17.8 Å². The second kappa shape index (κ2) is 4.68. The summed E-state index contributed by atoms with van der Waals surface area (Å²) in [5.41, 5.74) is 0.0557. The van der Waals surface area contributed by atoms with Crippen LogP contribution in [0.3, 0.4) is 0 Å². The summed E-state index contributed by atoms with van der Waals surface area (Å²) >= 11 is 0. The highest BCUT2D eigenvalue weighted by molar-refractivity contribution is 5.85. The van der Waals surface area contributed by atoms with E-state index in [1.54, 1.807) is 6.07 Å². The second-order valence-corrected chi connectivity index (χ2v) is 3.32. The maximum absolute atomic E-state index is 13.3. The quantitative estimate of drug-likeness (QED) is 0.826. The van der Waals surface area contributed by atoms with Crippen molar-refractivity contribution in [2.45, 2.75) is 19.3 Å². The van der Waals surface area contributed by atoms with Gasteiger partial charge in [-0.1, -0.05) is 18.2 Å². The first-order chi connectivity index (χ1) is 7.02. The lowest BCUT2D eigenvalue weighted by molar-refractivity contribution is -0.140. The van der Waals surface area contributed by atoms with Gasteiger partial charge in [0.2, 0.25) is 0 Å². The predicted molar refractivity (Wildman–Crippen MR) is 52.1 cm³/mol. The summed E-state index contributed by atoms with van der Waals surface area (Å²) in [7, 11) is 0. The van der Waals surface area contributed by atoms with Crippen molar-refractivity contribution in [1.29, 1.82) is 0 Å². The maximum Gasteiger partial charge on any atom is 0.311 e. The van der Waals surface area contributed by atoms with Gasteiger partial charge in [0.05, 0.1) is 5.92 Å². The van der Waals surface area contributed by atoms with Crippen LogP contribution in [0.1, 0.15) is 24.8 Å². The van der Waals surface area contributed by atoms with Gasteiger partial charge in [-0.05, 0) is 13.0 Å². The summed E-state index contributed by atoms with van der Waals surface area (Å²) in [6.45, 7) is 1.29. The lowest BCUT2D eigenvalue weighted by Crippen LogP contribution is -2.16. The first-order valence-electron chi connectivity index (χ1n) is 4.49. The Kier molecular flexibility index (Phi) is 3.55. The van der Waals surface area contributed by atoms with Crippen LogP contribution in [-0.4, -0.2) is 16.9 Å². The van der Waals surface area contributed by atoms with Gasteiger partial charge in [0.1, 0.15) is 11.6 Å². The zero-order valence-corrected chi connectivity index (χ0v) is 8.24. The summed E-state index contributed by atoms with van der Waals surface area (Å²) in [6.07, 6.45) is -0.184. The molecule has 0 bridgehead atoms. The molecule has 0 saturated carbocycles.